The second-order valence-corrected chi connectivity index (χ2v) is 8.48. The normalized spacial score (nSPS) is 11.8. The molecule has 0 unspecified atom stereocenters. The summed E-state index contributed by atoms with van der Waals surface area (Å²) < 4.78 is 7.26. The van der Waals surface area contributed by atoms with E-state index in [-0.39, 0.29) is 12.5 Å². The number of benzene rings is 3. The van der Waals surface area contributed by atoms with Crippen LogP contribution in [0.15, 0.2) is 85.2 Å². The quantitative estimate of drug-likeness (QED) is 0.326. The van der Waals surface area contributed by atoms with Gasteiger partial charge in [0.15, 0.2) is 0 Å². The summed E-state index contributed by atoms with van der Waals surface area (Å²) in [7, 11) is 0. The molecule has 4 rings (SSSR count). The Morgan fingerprint density at radius 2 is 1.64 bits per heavy atom. The van der Waals surface area contributed by atoms with Crippen molar-refractivity contribution in [2.45, 2.75) is 46.1 Å². The van der Waals surface area contributed by atoms with Gasteiger partial charge in [0.25, 0.3) is 0 Å². The van der Waals surface area contributed by atoms with E-state index < -0.39 is 6.09 Å². The molecule has 0 aliphatic heterocycles. The Hall–Kier alpha value is -3.66. The first-order chi connectivity index (χ1) is 16.0. The van der Waals surface area contributed by atoms with Gasteiger partial charge in [-0.2, -0.15) is 0 Å². The van der Waals surface area contributed by atoms with Crippen molar-refractivity contribution in [1.82, 2.24) is 9.55 Å². The predicted octanol–water partition coefficient (Wildman–Crippen LogP) is 6.62. The number of aryl methyl sites for hydroxylation is 3. The SMILES string of the molecule is Cc1cccc([C@H](C)c2nccn2C(=O)OCc2ccccc2CCc2ccccc2)c1C. The van der Waals surface area contributed by atoms with Gasteiger partial charge in [-0.05, 0) is 60.1 Å². The van der Waals surface area contributed by atoms with Crippen molar-refractivity contribution in [3.8, 4) is 0 Å². The zero-order chi connectivity index (χ0) is 23.2. The Morgan fingerprint density at radius 1 is 0.909 bits per heavy atom. The lowest BCUT2D eigenvalue weighted by Crippen LogP contribution is -2.18. The number of aromatic nitrogens is 2. The molecule has 4 heteroatoms. The Morgan fingerprint density at radius 3 is 2.42 bits per heavy atom. The number of ether oxygens (including phenoxy) is 1. The molecule has 0 saturated heterocycles. The standard InChI is InChI=1S/C29H30N2O2/c1-21-10-9-15-27(22(21)2)23(3)28-30-18-19-31(28)29(32)33-20-26-14-8-7-13-25(26)17-16-24-11-5-4-6-12-24/h4-15,18-19,23H,16-17,20H2,1-3H3/t23-/m0/s1. The summed E-state index contributed by atoms with van der Waals surface area (Å²) in [6.45, 7) is 6.52. The van der Waals surface area contributed by atoms with E-state index >= 15 is 0 Å². The maximum Gasteiger partial charge on any atom is 0.419 e. The molecule has 168 valence electrons. The molecule has 0 aliphatic carbocycles. The smallest absolute Gasteiger partial charge is 0.419 e. The molecule has 1 aromatic heterocycles. The van der Waals surface area contributed by atoms with Gasteiger partial charge >= 0.3 is 6.09 Å². The molecular weight excluding hydrogens is 408 g/mol. The highest BCUT2D eigenvalue weighted by molar-refractivity contribution is 5.71. The summed E-state index contributed by atoms with van der Waals surface area (Å²) in [6, 6.07) is 24.8. The van der Waals surface area contributed by atoms with Crippen molar-refractivity contribution >= 4 is 6.09 Å². The Bertz CT molecular complexity index is 1230. The molecule has 1 atom stereocenters. The van der Waals surface area contributed by atoms with Gasteiger partial charge < -0.3 is 4.74 Å². The lowest BCUT2D eigenvalue weighted by molar-refractivity contribution is 0.140. The number of carbonyl (C=O) groups is 1. The van der Waals surface area contributed by atoms with Crippen LogP contribution >= 0.6 is 0 Å². The number of hydrogen-bond donors (Lipinski definition) is 0. The second-order valence-electron chi connectivity index (χ2n) is 8.48. The molecule has 0 N–H and O–H groups in total. The van der Waals surface area contributed by atoms with E-state index in [9.17, 15) is 4.79 Å². The molecule has 4 nitrogen and oxygen atoms in total. The molecule has 0 fully saturated rings. The van der Waals surface area contributed by atoms with Crippen molar-refractivity contribution in [1.29, 1.82) is 0 Å². The summed E-state index contributed by atoms with van der Waals surface area (Å²) in [4.78, 5) is 17.5. The largest absolute Gasteiger partial charge is 0.444 e. The number of nitrogens with zero attached hydrogens (tertiary/aromatic N) is 2. The highest BCUT2D eigenvalue weighted by atomic mass is 16.5. The van der Waals surface area contributed by atoms with Crippen LogP contribution in [0.3, 0.4) is 0 Å². The minimum atomic E-state index is -0.405. The maximum atomic E-state index is 13.0. The van der Waals surface area contributed by atoms with Crippen LogP contribution in [0.5, 0.6) is 0 Å². The third kappa shape index (κ3) is 5.23. The molecule has 0 aliphatic rings. The third-order valence-electron chi connectivity index (χ3n) is 6.36. The van der Waals surface area contributed by atoms with Crippen LogP contribution in [0, 0.1) is 13.8 Å². The molecule has 0 radical (unpaired) electrons. The van der Waals surface area contributed by atoms with Crippen LogP contribution in [0.1, 0.15) is 52.0 Å². The van der Waals surface area contributed by atoms with Gasteiger partial charge in [-0.25, -0.2) is 14.3 Å². The lowest BCUT2D eigenvalue weighted by Gasteiger charge is -2.17. The van der Waals surface area contributed by atoms with Crippen LogP contribution < -0.4 is 0 Å². The number of rotatable bonds is 7. The second kappa shape index (κ2) is 10.3. The van der Waals surface area contributed by atoms with Crippen LogP contribution in [0.25, 0.3) is 0 Å². The number of carbonyl (C=O) groups excluding carboxylic acids is 1. The van der Waals surface area contributed by atoms with Gasteiger partial charge in [0.1, 0.15) is 12.4 Å². The Kier molecular flexibility index (Phi) is 7.04. The summed E-state index contributed by atoms with van der Waals surface area (Å²) in [5.74, 6) is 0.664. The molecule has 3 aromatic carbocycles. The van der Waals surface area contributed by atoms with E-state index in [1.807, 2.05) is 30.3 Å². The van der Waals surface area contributed by atoms with E-state index in [0.29, 0.717) is 5.82 Å². The van der Waals surface area contributed by atoms with Crippen molar-refractivity contribution in [3.63, 3.8) is 0 Å². The lowest BCUT2D eigenvalue weighted by atomic mass is 9.93. The molecule has 0 amide bonds. The van der Waals surface area contributed by atoms with Gasteiger partial charge in [0.05, 0.1) is 0 Å². The highest BCUT2D eigenvalue weighted by Crippen LogP contribution is 2.27. The van der Waals surface area contributed by atoms with Crippen LogP contribution in [0.4, 0.5) is 4.79 Å². The molecular formula is C29H30N2O2. The predicted molar refractivity (Wildman–Crippen MR) is 132 cm³/mol. The van der Waals surface area contributed by atoms with Crippen molar-refractivity contribution in [2.75, 3.05) is 0 Å². The Labute approximate surface area is 195 Å². The van der Waals surface area contributed by atoms with Gasteiger partial charge in [0, 0.05) is 18.3 Å². The first-order valence-electron chi connectivity index (χ1n) is 11.4. The number of hydrogen-bond acceptors (Lipinski definition) is 3. The van der Waals surface area contributed by atoms with Crippen molar-refractivity contribution < 1.29 is 9.53 Å². The van der Waals surface area contributed by atoms with Crippen LogP contribution in [-0.4, -0.2) is 15.6 Å². The zero-order valence-corrected chi connectivity index (χ0v) is 19.5. The summed E-state index contributed by atoms with van der Waals surface area (Å²) in [5.41, 5.74) is 7.15. The van der Waals surface area contributed by atoms with Crippen LogP contribution in [-0.2, 0) is 24.2 Å². The van der Waals surface area contributed by atoms with Crippen LogP contribution in [0.2, 0.25) is 0 Å². The van der Waals surface area contributed by atoms with Gasteiger partial charge in [-0.3, -0.25) is 0 Å². The molecule has 0 spiro atoms. The van der Waals surface area contributed by atoms with Crippen molar-refractivity contribution in [3.05, 3.63) is 124 Å². The first-order valence-corrected chi connectivity index (χ1v) is 11.4. The molecule has 4 aromatic rings. The first kappa shape index (κ1) is 22.5. The van der Waals surface area contributed by atoms with Gasteiger partial charge in [0.2, 0.25) is 0 Å². The average molecular weight is 439 g/mol. The minimum Gasteiger partial charge on any atom is -0.444 e. The van der Waals surface area contributed by atoms with Crippen molar-refractivity contribution in [2.24, 2.45) is 0 Å². The van der Waals surface area contributed by atoms with E-state index in [1.165, 1.54) is 32.4 Å². The fourth-order valence-corrected chi connectivity index (χ4v) is 4.25. The van der Waals surface area contributed by atoms with E-state index in [1.54, 1.807) is 12.4 Å². The fourth-order valence-electron chi connectivity index (χ4n) is 4.25. The average Bonchev–Trinajstić information content (AvgIpc) is 3.34. The Balaban J connectivity index is 1.46. The monoisotopic (exact) mass is 438 g/mol. The van der Waals surface area contributed by atoms with E-state index in [4.69, 9.17) is 4.74 Å². The molecule has 33 heavy (non-hydrogen) atoms. The molecule has 0 saturated carbocycles. The maximum absolute atomic E-state index is 13.0. The zero-order valence-electron chi connectivity index (χ0n) is 19.5. The molecule has 0 bridgehead atoms. The van der Waals surface area contributed by atoms with Gasteiger partial charge in [-0.1, -0.05) is 79.7 Å². The topological polar surface area (TPSA) is 44.1 Å². The van der Waals surface area contributed by atoms with E-state index in [2.05, 4.69) is 68.2 Å². The third-order valence-corrected chi connectivity index (χ3v) is 6.36. The minimum absolute atomic E-state index is 0.0226. The summed E-state index contributed by atoms with van der Waals surface area (Å²) in [5, 5.41) is 0. The summed E-state index contributed by atoms with van der Waals surface area (Å²) >= 11 is 0. The molecule has 1 heterocycles. The number of imidazole rings is 1. The van der Waals surface area contributed by atoms with E-state index in [0.717, 1.165) is 18.4 Å². The highest BCUT2D eigenvalue weighted by Gasteiger charge is 2.21. The summed E-state index contributed by atoms with van der Waals surface area (Å²) in [6.07, 6.45) is 4.78. The fraction of sp³-hybridized carbons (Fsp3) is 0.241. The van der Waals surface area contributed by atoms with Gasteiger partial charge in [-0.15, -0.1) is 0 Å².